The number of hydrogen-bond acceptors (Lipinski definition) is 6. The minimum atomic E-state index is -1.26. The molecular weight excluding hydrogens is 472 g/mol. The van der Waals surface area contributed by atoms with Gasteiger partial charge in [0.15, 0.2) is 5.58 Å². The number of carbonyl (C=O) groups is 2. The summed E-state index contributed by atoms with van der Waals surface area (Å²) in [6.07, 6.45) is 5.80. The van der Waals surface area contributed by atoms with Gasteiger partial charge in [-0.2, -0.15) is 0 Å². The van der Waals surface area contributed by atoms with Crippen molar-refractivity contribution in [1.29, 1.82) is 0 Å². The zero-order valence-electron chi connectivity index (χ0n) is 19.3. The van der Waals surface area contributed by atoms with Gasteiger partial charge in [-0.25, -0.2) is 9.59 Å². The molecule has 1 fully saturated rings. The Morgan fingerprint density at radius 3 is 2.43 bits per heavy atom. The molecule has 0 bridgehead atoms. The quantitative estimate of drug-likeness (QED) is 0.398. The molecule has 2 aromatic carbocycles. The molecule has 0 saturated carbocycles. The van der Waals surface area contributed by atoms with Crippen molar-refractivity contribution in [2.75, 3.05) is 26.2 Å². The number of rotatable bonds is 9. The van der Waals surface area contributed by atoms with Gasteiger partial charge in [0.1, 0.15) is 0 Å². The number of halogens is 1. The van der Waals surface area contributed by atoms with Crippen molar-refractivity contribution in [3.8, 4) is 5.88 Å². The van der Waals surface area contributed by atoms with Crippen LogP contribution in [0.15, 0.2) is 65.2 Å². The largest absolute Gasteiger partial charge is 0.478 e. The molecule has 0 atom stereocenters. The number of fused-ring (bicyclic) bond motifs is 1. The summed E-state index contributed by atoms with van der Waals surface area (Å²) in [5.41, 5.74) is 2.10. The van der Waals surface area contributed by atoms with Gasteiger partial charge in [0.05, 0.1) is 12.0 Å². The van der Waals surface area contributed by atoms with Crippen molar-refractivity contribution >= 4 is 34.5 Å². The van der Waals surface area contributed by atoms with E-state index in [-0.39, 0.29) is 0 Å². The summed E-state index contributed by atoms with van der Waals surface area (Å²) in [5.74, 6) is -1.22. The van der Waals surface area contributed by atoms with Gasteiger partial charge in [-0.1, -0.05) is 41.9 Å². The Balaban J connectivity index is 0.000000371. The van der Waals surface area contributed by atoms with Gasteiger partial charge in [-0.15, -0.1) is 0 Å². The number of benzene rings is 2. The van der Waals surface area contributed by atoms with E-state index in [9.17, 15) is 9.59 Å². The van der Waals surface area contributed by atoms with E-state index in [4.69, 9.17) is 31.1 Å². The third-order valence-corrected chi connectivity index (χ3v) is 6.04. The fraction of sp³-hybridized carbons (Fsp3) is 0.346. The van der Waals surface area contributed by atoms with Crippen LogP contribution >= 0.6 is 11.6 Å². The summed E-state index contributed by atoms with van der Waals surface area (Å²) < 4.78 is 11.2. The second-order valence-corrected chi connectivity index (χ2v) is 8.73. The van der Waals surface area contributed by atoms with Gasteiger partial charge in [-0.05, 0) is 67.5 Å². The Hall–Kier alpha value is -3.36. The first-order chi connectivity index (χ1) is 16.9. The molecule has 0 aliphatic carbocycles. The molecule has 1 aliphatic heterocycles. The molecule has 2 heterocycles. The Bertz CT molecular complexity index is 1110. The first kappa shape index (κ1) is 26.2. The molecule has 8 nitrogen and oxygen atoms in total. The number of carboxylic acids is 2. The zero-order chi connectivity index (χ0) is 25.0. The number of nitrogens with zero attached hydrogens (tertiary/aromatic N) is 2. The van der Waals surface area contributed by atoms with E-state index in [0.717, 1.165) is 30.7 Å². The van der Waals surface area contributed by atoms with Crippen molar-refractivity contribution < 1.29 is 29.1 Å². The van der Waals surface area contributed by atoms with Gasteiger partial charge in [0.25, 0.3) is 5.88 Å². The smallest absolute Gasteiger partial charge is 0.328 e. The minimum Gasteiger partial charge on any atom is -0.478 e. The van der Waals surface area contributed by atoms with Crippen LogP contribution in [0.2, 0.25) is 5.02 Å². The van der Waals surface area contributed by atoms with Crippen LogP contribution in [0.3, 0.4) is 0 Å². The lowest BCUT2D eigenvalue weighted by Crippen LogP contribution is -2.35. The van der Waals surface area contributed by atoms with E-state index in [0.29, 0.717) is 35.2 Å². The number of ether oxygens (including phenoxy) is 1. The van der Waals surface area contributed by atoms with Crippen molar-refractivity contribution in [1.82, 2.24) is 10.1 Å². The number of likely N-dealkylation sites (tertiary alicyclic amines) is 1. The molecule has 4 rings (SSSR count). The predicted octanol–water partition coefficient (Wildman–Crippen LogP) is 4.92. The van der Waals surface area contributed by atoms with Gasteiger partial charge in [0.2, 0.25) is 0 Å². The summed E-state index contributed by atoms with van der Waals surface area (Å²) in [6.45, 7) is 4.20. The molecule has 186 valence electrons. The topological polar surface area (TPSA) is 113 Å². The summed E-state index contributed by atoms with van der Waals surface area (Å²) in [7, 11) is 0. The van der Waals surface area contributed by atoms with Crippen molar-refractivity contribution in [3.05, 3.63) is 71.3 Å². The average Bonchev–Trinajstić information content (AvgIpc) is 3.25. The van der Waals surface area contributed by atoms with Gasteiger partial charge in [0, 0.05) is 29.8 Å². The van der Waals surface area contributed by atoms with E-state index >= 15 is 0 Å². The molecule has 1 aromatic heterocycles. The lowest BCUT2D eigenvalue weighted by molar-refractivity contribution is -0.134. The maximum atomic E-state index is 9.55. The van der Waals surface area contributed by atoms with Crippen LogP contribution in [0.1, 0.15) is 24.8 Å². The second kappa shape index (κ2) is 13.5. The predicted molar refractivity (Wildman–Crippen MR) is 133 cm³/mol. The van der Waals surface area contributed by atoms with Gasteiger partial charge >= 0.3 is 11.9 Å². The third-order valence-electron chi connectivity index (χ3n) is 5.80. The standard InChI is InChI=1S/C22H25ClN2O2.C4H4O4/c23-19-6-7-20-21(16-19)27-24-22(20)26-15-11-18-9-13-25(14-10-18)12-8-17-4-2-1-3-5-17;5-3(6)1-2-4(7)8/h1-7,16,18H,8-15H2;1-2H,(H,5,6)(H,7,8). The van der Waals surface area contributed by atoms with Crippen molar-refractivity contribution in [2.45, 2.75) is 25.7 Å². The van der Waals surface area contributed by atoms with Crippen molar-refractivity contribution in [3.63, 3.8) is 0 Å². The van der Waals surface area contributed by atoms with Crippen LogP contribution in [-0.2, 0) is 16.0 Å². The maximum Gasteiger partial charge on any atom is 0.328 e. The molecule has 0 radical (unpaired) electrons. The number of aromatic nitrogens is 1. The van der Waals surface area contributed by atoms with E-state index in [1.807, 2.05) is 12.1 Å². The fourth-order valence-corrected chi connectivity index (χ4v) is 4.05. The molecule has 0 amide bonds. The number of carboxylic acid groups (broad SMARTS) is 2. The Kier molecular flexibility index (Phi) is 10.1. The van der Waals surface area contributed by atoms with Crippen LogP contribution in [-0.4, -0.2) is 58.4 Å². The Labute approximate surface area is 208 Å². The molecule has 1 aliphatic rings. The van der Waals surface area contributed by atoms with Crippen molar-refractivity contribution in [2.24, 2.45) is 5.92 Å². The van der Waals surface area contributed by atoms with Gasteiger partial charge in [-0.3, -0.25) is 0 Å². The van der Waals surface area contributed by atoms with Crippen LogP contribution in [0.4, 0.5) is 0 Å². The highest BCUT2D eigenvalue weighted by molar-refractivity contribution is 6.31. The molecule has 2 N–H and O–H groups in total. The lowest BCUT2D eigenvalue weighted by Gasteiger charge is -2.31. The number of piperidine rings is 1. The van der Waals surface area contributed by atoms with Crippen LogP contribution in [0.25, 0.3) is 11.0 Å². The number of aliphatic carboxylic acids is 2. The monoisotopic (exact) mass is 500 g/mol. The molecule has 9 heteroatoms. The van der Waals surface area contributed by atoms with E-state index in [1.165, 1.54) is 31.5 Å². The summed E-state index contributed by atoms with van der Waals surface area (Å²) in [6, 6.07) is 16.2. The second-order valence-electron chi connectivity index (χ2n) is 8.30. The highest BCUT2D eigenvalue weighted by atomic mass is 35.5. The lowest BCUT2D eigenvalue weighted by atomic mass is 9.93. The zero-order valence-corrected chi connectivity index (χ0v) is 20.1. The molecule has 3 aromatic rings. The van der Waals surface area contributed by atoms with E-state index in [2.05, 4.69) is 40.4 Å². The average molecular weight is 501 g/mol. The maximum absolute atomic E-state index is 9.55. The summed E-state index contributed by atoms with van der Waals surface area (Å²) >= 11 is 5.97. The van der Waals surface area contributed by atoms with E-state index in [1.54, 1.807) is 6.07 Å². The minimum absolute atomic E-state index is 0.558. The van der Waals surface area contributed by atoms with Crippen LogP contribution < -0.4 is 4.74 Å². The highest BCUT2D eigenvalue weighted by Crippen LogP contribution is 2.28. The van der Waals surface area contributed by atoms with E-state index < -0.39 is 11.9 Å². The first-order valence-corrected chi connectivity index (χ1v) is 11.9. The summed E-state index contributed by atoms with van der Waals surface area (Å²) in [4.78, 5) is 21.7. The molecule has 0 spiro atoms. The van der Waals surface area contributed by atoms with Gasteiger partial charge < -0.3 is 24.4 Å². The first-order valence-electron chi connectivity index (χ1n) is 11.5. The highest BCUT2D eigenvalue weighted by Gasteiger charge is 2.19. The molecule has 0 unspecified atom stereocenters. The third kappa shape index (κ3) is 9.07. The summed E-state index contributed by atoms with van der Waals surface area (Å²) in [5, 5.41) is 21.2. The fourth-order valence-electron chi connectivity index (χ4n) is 3.89. The Morgan fingerprint density at radius 1 is 1.09 bits per heavy atom. The molecular formula is C26H29ClN2O6. The van der Waals surface area contributed by atoms with Crippen LogP contribution in [0, 0.1) is 5.92 Å². The van der Waals surface area contributed by atoms with Crippen LogP contribution in [0.5, 0.6) is 5.88 Å². The SMILES string of the molecule is Clc1ccc2c(OCCC3CCN(CCc4ccccc4)CC3)noc2c1.O=C(O)C=CC(=O)O. The number of hydrogen-bond donors (Lipinski definition) is 2. The molecule has 35 heavy (non-hydrogen) atoms. The normalized spacial score (nSPS) is 14.5. The Morgan fingerprint density at radius 2 is 1.77 bits per heavy atom. The molecule has 1 saturated heterocycles.